The molecular formula is C12H20N2O4S. The molecule has 2 N–H and O–H groups in total. The van der Waals surface area contributed by atoms with E-state index < -0.39 is 5.97 Å². The van der Waals surface area contributed by atoms with E-state index in [1.54, 1.807) is 16.7 Å². The second-order valence-electron chi connectivity index (χ2n) is 5.26. The van der Waals surface area contributed by atoms with Crippen LogP contribution < -0.4 is 5.32 Å². The fourth-order valence-electron chi connectivity index (χ4n) is 2.25. The van der Waals surface area contributed by atoms with Crippen molar-refractivity contribution < 1.29 is 19.4 Å². The number of hydrogen-bond donors (Lipinski definition) is 2. The first-order valence-electron chi connectivity index (χ1n) is 6.44. The number of rotatable bonds is 5. The molecule has 0 aromatic rings. The van der Waals surface area contributed by atoms with Gasteiger partial charge >= 0.3 is 5.97 Å². The van der Waals surface area contributed by atoms with Crippen LogP contribution in [0.5, 0.6) is 0 Å². The Hall–Kier alpha value is -0.790. The number of carbonyl (C=O) groups excluding carboxylic acids is 1. The van der Waals surface area contributed by atoms with Crippen LogP contribution >= 0.6 is 11.8 Å². The van der Waals surface area contributed by atoms with Gasteiger partial charge in [0.25, 0.3) is 0 Å². The lowest BCUT2D eigenvalue weighted by Crippen LogP contribution is -2.60. The third kappa shape index (κ3) is 3.84. The van der Waals surface area contributed by atoms with Crippen molar-refractivity contribution in [3.63, 3.8) is 0 Å². The summed E-state index contributed by atoms with van der Waals surface area (Å²) in [5.74, 6) is 0.596. The van der Waals surface area contributed by atoms with Crippen LogP contribution in [0, 0.1) is 0 Å². The Kier molecular flexibility index (Phi) is 4.70. The molecule has 0 aliphatic carbocycles. The van der Waals surface area contributed by atoms with Crippen molar-refractivity contribution in [2.75, 3.05) is 37.7 Å². The average Bonchev–Trinajstić information content (AvgIpc) is 2.33. The van der Waals surface area contributed by atoms with Crippen LogP contribution in [0.25, 0.3) is 0 Å². The Morgan fingerprint density at radius 2 is 2.26 bits per heavy atom. The lowest BCUT2D eigenvalue weighted by atomic mass is 10.0. The maximum atomic E-state index is 12.2. The molecule has 0 aromatic heterocycles. The monoisotopic (exact) mass is 288 g/mol. The van der Waals surface area contributed by atoms with Crippen molar-refractivity contribution in [2.24, 2.45) is 0 Å². The van der Waals surface area contributed by atoms with Crippen molar-refractivity contribution in [1.82, 2.24) is 10.2 Å². The Morgan fingerprint density at radius 1 is 1.53 bits per heavy atom. The molecule has 2 saturated heterocycles. The van der Waals surface area contributed by atoms with Gasteiger partial charge in [-0.2, -0.15) is 11.8 Å². The summed E-state index contributed by atoms with van der Waals surface area (Å²) in [7, 11) is 0. The maximum Gasteiger partial charge on any atom is 0.305 e. The molecule has 108 valence electrons. The fraction of sp³-hybridized carbons (Fsp3) is 0.833. The van der Waals surface area contributed by atoms with E-state index in [0.29, 0.717) is 12.3 Å². The molecule has 0 radical (unpaired) electrons. The van der Waals surface area contributed by atoms with Gasteiger partial charge < -0.3 is 20.1 Å². The smallest absolute Gasteiger partial charge is 0.305 e. The van der Waals surface area contributed by atoms with Crippen LogP contribution in [-0.2, 0) is 14.3 Å². The number of amides is 1. The minimum absolute atomic E-state index is 0.0115. The Bertz CT molecular complexity index is 360. The number of aliphatic carboxylic acids is 1. The molecule has 1 amide bonds. The van der Waals surface area contributed by atoms with Crippen molar-refractivity contribution in [2.45, 2.75) is 25.0 Å². The first-order valence-corrected chi connectivity index (χ1v) is 7.59. The normalized spacial score (nSPS) is 25.7. The molecule has 0 bridgehead atoms. The standard InChI is InChI=1S/C12H20N2O4S/c1-12(7-13-8-12)18-5-10(15)14-2-3-19-6-9(14)4-11(16)17/h9,13H,2-8H2,1H3,(H,16,17). The largest absolute Gasteiger partial charge is 0.481 e. The van der Waals surface area contributed by atoms with Crippen molar-refractivity contribution >= 4 is 23.6 Å². The lowest BCUT2D eigenvalue weighted by Gasteiger charge is -2.40. The summed E-state index contributed by atoms with van der Waals surface area (Å²) >= 11 is 1.70. The van der Waals surface area contributed by atoms with Gasteiger partial charge in [-0.1, -0.05) is 0 Å². The zero-order valence-corrected chi connectivity index (χ0v) is 11.9. The topological polar surface area (TPSA) is 78.9 Å². The summed E-state index contributed by atoms with van der Waals surface area (Å²) in [6.45, 7) is 4.14. The van der Waals surface area contributed by atoms with E-state index in [2.05, 4.69) is 5.32 Å². The molecule has 19 heavy (non-hydrogen) atoms. The summed E-state index contributed by atoms with van der Waals surface area (Å²) < 4.78 is 5.63. The van der Waals surface area contributed by atoms with Gasteiger partial charge in [0.2, 0.25) is 5.91 Å². The van der Waals surface area contributed by atoms with Gasteiger partial charge in [0, 0.05) is 31.1 Å². The van der Waals surface area contributed by atoms with Crippen molar-refractivity contribution in [3.8, 4) is 0 Å². The van der Waals surface area contributed by atoms with Crippen molar-refractivity contribution in [1.29, 1.82) is 0 Å². The molecule has 2 rings (SSSR count). The molecule has 1 unspecified atom stereocenters. The summed E-state index contributed by atoms with van der Waals surface area (Å²) in [5.41, 5.74) is -0.248. The third-order valence-electron chi connectivity index (χ3n) is 3.50. The van der Waals surface area contributed by atoms with Gasteiger partial charge in [-0.05, 0) is 6.92 Å². The molecular weight excluding hydrogens is 268 g/mol. The molecule has 1 atom stereocenters. The van der Waals surface area contributed by atoms with Crippen LogP contribution in [0.15, 0.2) is 0 Å². The fourth-order valence-corrected chi connectivity index (χ4v) is 3.31. The SMILES string of the molecule is CC1(OCC(=O)N2CCSCC2CC(=O)O)CNC1. The minimum atomic E-state index is -0.860. The molecule has 0 saturated carbocycles. The van der Waals surface area contributed by atoms with Crippen LogP contribution in [0.2, 0.25) is 0 Å². The molecule has 2 aliphatic rings. The highest BCUT2D eigenvalue weighted by atomic mass is 32.2. The van der Waals surface area contributed by atoms with Gasteiger partial charge in [0.15, 0.2) is 0 Å². The highest BCUT2D eigenvalue weighted by molar-refractivity contribution is 7.99. The van der Waals surface area contributed by atoms with Crippen LogP contribution in [-0.4, -0.2) is 71.3 Å². The van der Waals surface area contributed by atoms with Gasteiger partial charge in [-0.25, -0.2) is 0 Å². The van der Waals surface area contributed by atoms with Crippen LogP contribution in [0.4, 0.5) is 0 Å². The molecule has 0 spiro atoms. The third-order valence-corrected chi connectivity index (χ3v) is 4.59. The molecule has 2 aliphatic heterocycles. The maximum absolute atomic E-state index is 12.2. The average molecular weight is 288 g/mol. The van der Waals surface area contributed by atoms with E-state index in [4.69, 9.17) is 9.84 Å². The second kappa shape index (κ2) is 6.11. The zero-order chi connectivity index (χ0) is 13.9. The summed E-state index contributed by atoms with van der Waals surface area (Å²) in [5, 5.41) is 12.0. The first-order chi connectivity index (χ1) is 9.00. The number of nitrogens with one attached hydrogen (secondary N) is 1. The van der Waals surface area contributed by atoms with E-state index >= 15 is 0 Å². The summed E-state index contributed by atoms with van der Waals surface area (Å²) in [4.78, 5) is 24.6. The summed E-state index contributed by atoms with van der Waals surface area (Å²) in [6, 6.07) is -0.209. The number of carboxylic acids is 1. The molecule has 7 heteroatoms. The Balaban J connectivity index is 1.85. The van der Waals surface area contributed by atoms with Gasteiger partial charge in [0.05, 0.1) is 18.1 Å². The number of nitrogens with zero attached hydrogens (tertiary/aromatic N) is 1. The molecule has 6 nitrogen and oxygen atoms in total. The minimum Gasteiger partial charge on any atom is -0.481 e. The summed E-state index contributed by atoms with van der Waals surface area (Å²) in [6.07, 6.45) is 0.0115. The Labute approximate surface area is 116 Å². The van der Waals surface area contributed by atoms with Crippen LogP contribution in [0.1, 0.15) is 13.3 Å². The number of thioether (sulfide) groups is 1. The van der Waals surface area contributed by atoms with E-state index in [9.17, 15) is 9.59 Å². The first kappa shape index (κ1) is 14.6. The van der Waals surface area contributed by atoms with Crippen LogP contribution in [0.3, 0.4) is 0 Å². The number of ether oxygens (including phenoxy) is 1. The van der Waals surface area contributed by atoms with E-state index in [-0.39, 0.29) is 30.6 Å². The van der Waals surface area contributed by atoms with E-state index in [1.807, 2.05) is 6.92 Å². The van der Waals surface area contributed by atoms with Gasteiger partial charge in [-0.15, -0.1) is 0 Å². The van der Waals surface area contributed by atoms with Crippen molar-refractivity contribution in [3.05, 3.63) is 0 Å². The highest BCUT2D eigenvalue weighted by Gasteiger charge is 2.35. The predicted octanol–water partition coefficient (Wildman–Crippen LogP) is -0.216. The Morgan fingerprint density at radius 3 is 2.84 bits per heavy atom. The quantitative estimate of drug-likeness (QED) is 0.728. The molecule has 2 heterocycles. The highest BCUT2D eigenvalue weighted by Crippen LogP contribution is 2.20. The van der Waals surface area contributed by atoms with E-state index in [1.165, 1.54) is 0 Å². The van der Waals surface area contributed by atoms with Gasteiger partial charge in [0.1, 0.15) is 6.61 Å². The predicted molar refractivity (Wildman–Crippen MR) is 72.3 cm³/mol. The van der Waals surface area contributed by atoms with Gasteiger partial charge in [-0.3, -0.25) is 9.59 Å². The molecule has 2 fully saturated rings. The number of carbonyl (C=O) groups is 2. The number of carboxylic acid groups (broad SMARTS) is 1. The lowest BCUT2D eigenvalue weighted by molar-refractivity contribution is -0.149. The number of hydrogen-bond acceptors (Lipinski definition) is 5. The molecule has 0 aromatic carbocycles. The second-order valence-corrected chi connectivity index (χ2v) is 6.41. The van der Waals surface area contributed by atoms with E-state index in [0.717, 1.165) is 18.8 Å². The zero-order valence-electron chi connectivity index (χ0n) is 11.1.